The molecular formula is C20H17BrO2. The molecule has 0 heterocycles. The standard InChI is InChI=1S/C20H17BrO2/c1-22-19-10-6-5-9-17(19)18-13-16(21)11-12-20(18)23-14-15-7-3-2-4-8-15/h2-13H,14H2,1H3. The van der Waals surface area contributed by atoms with Crippen LogP contribution in [0.4, 0.5) is 0 Å². The summed E-state index contributed by atoms with van der Waals surface area (Å²) in [6.45, 7) is 0.532. The number of halogens is 1. The van der Waals surface area contributed by atoms with E-state index in [0.29, 0.717) is 6.61 Å². The fourth-order valence-electron chi connectivity index (χ4n) is 2.44. The van der Waals surface area contributed by atoms with Gasteiger partial charge in [0.1, 0.15) is 18.1 Å². The second-order valence-electron chi connectivity index (χ2n) is 5.12. The molecule has 0 bridgehead atoms. The van der Waals surface area contributed by atoms with Crippen molar-refractivity contribution in [3.63, 3.8) is 0 Å². The highest BCUT2D eigenvalue weighted by Crippen LogP contribution is 2.38. The molecule has 116 valence electrons. The maximum absolute atomic E-state index is 6.06. The van der Waals surface area contributed by atoms with E-state index in [1.54, 1.807) is 7.11 Å². The fraction of sp³-hybridized carbons (Fsp3) is 0.100. The van der Waals surface area contributed by atoms with Gasteiger partial charge in [0.2, 0.25) is 0 Å². The van der Waals surface area contributed by atoms with E-state index in [0.717, 1.165) is 32.7 Å². The maximum Gasteiger partial charge on any atom is 0.127 e. The molecule has 2 nitrogen and oxygen atoms in total. The van der Waals surface area contributed by atoms with Gasteiger partial charge < -0.3 is 9.47 Å². The van der Waals surface area contributed by atoms with Crippen molar-refractivity contribution in [3.8, 4) is 22.6 Å². The first kappa shape index (κ1) is 15.6. The molecule has 0 atom stereocenters. The average Bonchev–Trinajstić information content (AvgIpc) is 2.61. The molecule has 0 fully saturated rings. The average molecular weight is 369 g/mol. The second kappa shape index (κ2) is 7.34. The van der Waals surface area contributed by atoms with E-state index in [1.807, 2.05) is 54.6 Å². The van der Waals surface area contributed by atoms with Gasteiger partial charge in [-0.1, -0.05) is 64.5 Å². The number of hydrogen-bond acceptors (Lipinski definition) is 2. The Morgan fingerprint density at radius 3 is 2.30 bits per heavy atom. The summed E-state index contributed by atoms with van der Waals surface area (Å²) < 4.78 is 12.5. The maximum atomic E-state index is 6.06. The molecular weight excluding hydrogens is 352 g/mol. The molecule has 0 saturated heterocycles. The predicted molar refractivity (Wildman–Crippen MR) is 96.9 cm³/mol. The third-order valence-corrected chi connectivity index (χ3v) is 4.07. The van der Waals surface area contributed by atoms with E-state index in [9.17, 15) is 0 Å². The Hall–Kier alpha value is -2.26. The van der Waals surface area contributed by atoms with Crippen molar-refractivity contribution in [1.82, 2.24) is 0 Å². The molecule has 3 aromatic rings. The third kappa shape index (κ3) is 3.74. The minimum absolute atomic E-state index is 0.532. The lowest BCUT2D eigenvalue weighted by molar-refractivity contribution is 0.307. The molecule has 23 heavy (non-hydrogen) atoms. The lowest BCUT2D eigenvalue weighted by Crippen LogP contribution is -1.97. The highest BCUT2D eigenvalue weighted by Gasteiger charge is 2.12. The molecule has 0 N–H and O–H groups in total. The SMILES string of the molecule is COc1ccccc1-c1cc(Br)ccc1OCc1ccccc1. The van der Waals surface area contributed by atoms with E-state index in [1.165, 1.54) is 0 Å². The Balaban J connectivity index is 1.95. The van der Waals surface area contributed by atoms with Gasteiger partial charge in [-0.25, -0.2) is 0 Å². The van der Waals surface area contributed by atoms with Gasteiger partial charge in [0.05, 0.1) is 7.11 Å². The first-order chi connectivity index (χ1) is 11.3. The number of benzene rings is 3. The number of ether oxygens (including phenoxy) is 2. The Labute approximate surface area is 144 Å². The largest absolute Gasteiger partial charge is 0.496 e. The van der Waals surface area contributed by atoms with Crippen LogP contribution in [0.2, 0.25) is 0 Å². The number of methoxy groups -OCH3 is 1. The molecule has 0 spiro atoms. The van der Waals surface area contributed by atoms with Crippen LogP contribution in [0.15, 0.2) is 77.3 Å². The molecule has 3 heteroatoms. The molecule has 0 aliphatic carbocycles. The van der Waals surface area contributed by atoms with Crippen LogP contribution >= 0.6 is 15.9 Å². The van der Waals surface area contributed by atoms with E-state index in [-0.39, 0.29) is 0 Å². The van der Waals surface area contributed by atoms with Crippen LogP contribution in [0.5, 0.6) is 11.5 Å². The van der Waals surface area contributed by atoms with Crippen molar-refractivity contribution in [2.24, 2.45) is 0 Å². The molecule has 0 radical (unpaired) electrons. The molecule has 0 aliphatic heterocycles. The summed E-state index contributed by atoms with van der Waals surface area (Å²) in [5, 5.41) is 0. The van der Waals surface area contributed by atoms with E-state index in [4.69, 9.17) is 9.47 Å². The van der Waals surface area contributed by atoms with Crippen LogP contribution in [0.1, 0.15) is 5.56 Å². The van der Waals surface area contributed by atoms with Crippen molar-refractivity contribution in [1.29, 1.82) is 0 Å². The molecule has 0 amide bonds. The topological polar surface area (TPSA) is 18.5 Å². The Morgan fingerprint density at radius 1 is 0.783 bits per heavy atom. The molecule has 0 aliphatic rings. The summed E-state index contributed by atoms with van der Waals surface area (Å²) in [6, 6.07) is 24.1. The third-order valence-electron chi connectivity index (χ3n) is 3.58. The number of hydrogen-bond donors (Lipinski definition) is 0. The predicted octanol–water partition coefficient (Wildman–Crippen LogP) is 5.70. The van der Waals surface area contributed by atoms with Crippen LogP contribution in [0, 0.1) is 0 Å². The van der Waals surface area contributed by atoms with Crippen molar-refractivity contribution in [2.75, 3.05) is 7.11 Å². The summed E-state index contributed by atoms with van der Waals surface area (Å²) in [7, 11) is 1.68. The van der Waals surface area contributed by atoms with Gasteiger partial charge in [0, 0.05) is 15.6 Å². The fourth-order valence-corrected chi connectivity index (χ4v) is 2.80. The summed E-state index contributed by atoms with van der Waals surface area (Å²) in [5.74, 6) is 1.66. The minimum atomic E-state index is 0.532. The lowest BCUT2D eigenvalue weighted by Gasteiger charge is -2.14. The number of rotatable bonds is 5. The monoisotopic (exact) mass is 368 g/mol. The van der Waals surface area contributed by atoms with Gasteiger partial charge in [0.25, 0.3) is 0 Å². The first-order valence-electron chi connectivity index (χ1n) is 7.37. The van der Waals surface area contributed by atoms with Crippen LogP contribution in [-0.4, -0.2) is 7.11 Å². The van der Waals surface area contributed by atoms with Gasteiger partial charge in [-0.2, -0.15) is 0 Å². The second-order valence-corrected chi connectivity index (χ2v) is 6.03. The lowest BCUT2D eigenvalue weighted by atomic mass is 10.0. The Bertz CT molecular complexity index is 785. The quantitative estimate of drug-likeness (QED) is 0.574. The Kier molecular flexibility index (Phi) is 4.99. The zero-order valence-corrected chi connectivity index (χ0v) is 14.4. The summed E-state index contributed by atoms with van der Waals surface area (Å²) >= 11 is 3.54. The zero-order valence-electron chi connectivity index (χ0n) is 12.8. The minimum Gasteiger partial charge on any atom is -0.496 e. The molecule has 3 aromatic carbocycles. The molecule has 3 rings (SSSR count). The van der Waals surface area contributed by atoms with Crippen molar-refractivity contribution >= 4 is 15.9 Å². The zero-order chi connectivity index (χ0) is 16.1. The van der Waals surface area contributed by atoms with Crippen molar-refractivity contribution in [2.45, 2.75) is 6.61 Å². The van der Waals surface area contributed by atoms with Crippen LogP contribution in [0.3, 0.4) is 0 Å². The van der Waals surface area contributed by atoms with E-state index >= 15 is 0 Å². The Morgan fingerprint density at radius 2 is 1.52 bits per heavy atom. The first-order valence-corrected chi connectivity index (χ1v) is 8.17. The van der Waals surface area contributed by atoms with Gasteiger partial charge in [-0.05, 0) is 29.8 Å². The molecule has 0 aromatic heterocycles. The van der Waals surface area contributed by atoms with Gasteiger partial charge in [0.15, 0.2) is 0 Å². The highest BCUT2D eigenvalue weighted by molar-refractivity contribution is 9.10. The van der Waals surface area contributed by atoms with E-state index < -0.39 is 0 Å². The normalized spacial score (nSPS) is 10.3. The molecule has 0 saturated carbocycles. The van der Waals surface area contributed by atoms with Crippen LogP contribution in [0.25, 0.3) is 11.1 Å². The number of para-hydroxylation sites is 1. The van der Waals surface area contributed by atoms with Crippen LogP contribution in [-0.2, 0) is 6.61 Å². The van der Waals surface area contributed by atoms with E-state index in [2.05, 4.69) is 34.1 Å². The summed E-state index contributed by atoms with van der Waals surface area (Å²) in [4.78, 5) is 0. The summed E-state index contributed by atoms with van der Waals surface area (Å²) in [6.07, 6.45) is 0. The van der Waals surface area contributed by atoms with Gasteiger partial charge in [-0.3, -0.25) is 0 Å². The van der Waals surface area contributed by atoms with Crippen LogP contribution < -0.4 is 9.47 Å². The van der Waals surface area contributed by atoms with Gasteiger partial charge >= 0.3 is 0 Å². The highest BCUT2D eigenvalue weighted by atomic mass is 79.9. The molecule has 0 unspecified atom stereocenters. The summed E-state index contributed by atoms with van der Waals surface area (Å²) in [5.41, 5.74) is 3.16. The van der Waals surface area contributed by atoms with Crippen molar-refractivity contribution < 1.29 is 9.47 Å². The van der Waals surface area contributed by atoms with Crippen molar-refractivity contribution in [3.05, 3.63) is 82.8 Å². The van der Waals surface area contributed by atoms with Gasteiger partial charge in [-0.15, -0.1) is 0 Å². The smallest absolute Gasteiger partial charge is 0.127 e.